The van der Waals surface area contributed by atoms with E-state index in [2.05, 4.69) is 36.5 Å². The molecule has 0 saturated heterocycles. The van der Waals surface area contributed by atoms with E-state index in [0.717, 1.165) is 21.2 Å². The second-order valence-electron chi connectivity index (χ2n) is 6.37. The summed E-state index contributed by atoms with van der Waals surface area (Å²) < 4.78 is 0. The summed E-state index contributed by atoms with van der Waals surface area (Å²) >= 11 is 1.70. The first kappa shape index (κ1) is 16.7. The Labute approximate surface area is 158 Å². The molecule has 1 atom stereocenters. The molecule has 3 aromatic rings. The van der Waals surface area contributed by atoms with Gasteiger partial charge in [0, 0.05) is 16.3 Å². The van der Waals surface area contributed by atoms with Crippen molar-refractivity contribution in [3.63, 3.8) is 0 Å². The van der Waals surface area contributed by atoms with Crippen molar-refractivity contribution in [3.05, 3.63) is 84.4 Å². The fourth-order valence-corrected chi connectivity index (χ4v) is 4.20. The maximum Gasteiger partial charge on any atom is 0.326 e. The summed E-state index contributed by atoms with van der Waals surface area (Å²) in [5.74, 6) is 0.254. The first-order chi connectivity index (χ1) is 12.7. The van der Waals surface area contributed by atoms with Crippen molar-refractivity contribution < 1.29 is 4.79 Å². The highest BCUT2D eigenvalue weighted by molar-refractivity contribution is 7.99. The highest BCUT2D eigenvalue weighted by atomic mass is 32.2. The van der Waals surface area contributed by atoms with Crippen molar-refractivity contribution in [2.24, 2.45) is 0 Å². The number of nitrogens with zero attached hydrogens (tertiary/aromatic N) is 1. The van der Waals surface area contributed by atoms with Gasteiger partial charge in [0.2, 0.25) is 0 Å². The monoisotopic (exact) mass is 360 g/mol. The molecule has 1 aliphatic heterocycles. The van der Waals surface area contributed by atoms with Gasteiger partial charge in [-0.05, 0) is 35.7 Å². The van der Waals surface area contributed by atoms with E-state index in [0.29, 0.717) is 6.54 Å². The van der Waals surface area contributed by atoms with E-state index in [1.807, 2.05) is 54.6 Å². The van der Waals surface area contributed by atoms with Gasteiger partial charge in [-0.2, -0.15) is 0 Å². The molecule has 0 aliphatic carbocycles. The molecule has 0 bridgehead atoms. The number of para-hydroxylation sites is 2. The van der Waals surface area contributed by atoms with Gasteiger partial charge in [-0.3, -0.25) is 4.90 Å². The van der Waals surface area contributed by atoms with Crippen LogP contribution in [-0.2, 0) is 0 Å². The molecule has 1 unspecified atom stereocenters. The number of benzene rings is 3. The van der Waals surface area contributed by atoms with E-state index in [-0.39, 0.29) is 11.9 Å². The van der Waals surface area contributed by atoms with Crippen LogP contribution in [0.3, 0.4) is 0 Å². The van der Waals surface area contributed by atoms with Crippen LogP contribution >= 0.6 is 11.8 Å². The fourth-order valence-electron chi connectivity index (χ4n) is 3.14. The lowest BCUT2D eigenvalue weighted by Gasteiger charge is -2.31. The summed E-state index contributed by atoms with van der Waals surface area (Å²) in [7, 11) is 0. The predicted octanol–water partition coefficient (Wildman–Crippen LogP) is 5.80. The summed E-state index contributed by atoms with van der Waals surface area (Å²) in [6.45, 7) is 2.72. The Morgan fingerprint density at radius 1 is 0.885 bits per heavy atom. The van der Waals surface area contributed by atoms with E-state index in [9.17, 15) is 4.79 Å². The standard InChI is InChI=1S/C22H20N2OS/c1-16(17-9-3-2-4-10-17)15-23-22(25)24-18-11-5-7-13-20(18)26-21-14-8-6-12-19(21)24/h2-14,16H,15H2,1H3,(H,23,25). The summed E-state index contributed by atoms with van der Waals surface area (Å²) in [5, 5.41) is 3.11. The molecule has 0 aromatic heterocycles. The summed E-state index contributed by atoms with van der Waals surface area (Å²) in [6.07, 6.45) is 0. The molecule has 1 heterocycles. The van der Waals surface area contributed by atoms with E-state index < -0.39 is 0 Å². The van der Waals surface area contributed by atoms with Gasteiger partial charge in [0.05, 0.1) is 11.4 Å². The van der Waals surface area contributed by atoms with Crippen LogP contribution in [0.5, 0.6) is 0 Å². The second-order valence-corrected chi connectivity index (χ2v) is 7.45. The summed E-state index contributed by atoms with van der Waals surface area (Å²) in [5.41, 5.74) is 3.09. The lowest BCUT2D eigenvalue weighted by Crippen LogP contribution is -2.39. The predicted molar refractivity (Wildman–Crippen MR) is 107 cm³/mol. The Balaban J connectivity index is 1.58. The first-order valence-corrected chi connectivity index (χ1v) is 9.54. The Kier molecular flexibility index (Phi) is 4.67. The quantitative estimate of drug-likeness (QED) is 0.640. The van der Waals surface area contributed by atoms with Crippen molar-refractivity contribution in [2.45, 2.75) is 22.6 Å². The van der Waals surface area contributed by atoms with E-state index in [4.69, 9.17) is 0 Å². The number of urea groups is 1. The highest BCUT2D eigenvalue weighted by Gasteiger charge is 2.27. The van der Waals surface area contributed by atoms with Gasteiger partial charge in [-0.15, -0.1) is 0 Å². The van der Waals surface area contributed by atoms with Crippen molar-refractivity contribution >= 4 is 29.2 Å². The number of nitrogens with one attached hydrogen (secondary N) is 1. The Morgan fingerprint density at radius 2 is 1.42 bits per heavy atom. The fraction of sp³-hybridized carbons (Fsp3) is 0.136. The van der Waals surface area contributed by atoms with Gasteiger partial charge in [0.1, 0.15) is 0 Å². The van der Waals surface area contributed by atoms with Crippen LogP contribution in [0.1, 0.15) is 18.4 Å². The molecule has 3 nitrogen and oxygen atoms in total. The number of rotatable bonds is 3. The van der Waals surface area contributed by atoms with Crippen molar-refractivity contribution in [2.75, 3.05) is 11.4 Å². The van der Waals surface area contributed by atoms with Crippen LogP contribution < -0.4 is 10.2 Å². The normalized spacial score (nSPS) is 13.5. The van der Waals surface area contributed by atoms with Crippen molar-refractivity contribution in [1.82, 2.24) is 5.32 Å². The molecule has 130 valence electrons. The molecule has 4 rings (SSSR count). The smallest absolute Gasteiger partial charge is 0.326 e. The Morgan fingerprint density at radius 3 is 2.04 bits per heavy atom. The minimum absolute atomic E-state index is 0.0898. The maximum atomic E-state index is 13.1. The third-order valence-electron chi connectivity index (χ3n) is 4.56. The lowest BCUT2D eigenvalue weighted by atomic mass is 10.0. The minimum atomic E-state index is -0.0898. The molecular weight excluding hydrogens is 340 g/mol. The zero-order valence-electron chi connectivity index (χ0n) is 14.6. The van der Waals surface area contributed by atoms with E-state index in [1.54, 1.807) is 16.7 Å². The number of anilines is 2. The number of fused-ring (bicyclic) bond motifs is 2. The van der Waals surface area contributed by atoms with Gasteiger partial charge in [-0.25, -0.2) is 4.79 Å². The molecule has 1 aliphatic rings. The van der Waals surface area contributed by atoms with Gasteiger partial charge in [0.25, 0.3) is 0 Å². The number of carbonyl (C=O) groups is 1. The van der Waals surface area contributed by atoms with Crippen LogP contribution in [0.25, 0.3) is 0 Å². The first-order valence-electron chi connectivity index (χ1n) is 8.73. The molecule has 0 fully saturated rings. The highest BCUT2D eigenvalue weighted by Crippen LogP contribution is 2.47. The number of carbonyl (C=O) groups excluding carboxylic acids is 1. The molecule has 26 heavy (non-hydrogen) atoms. The van der Waals surface area contributed by atoms with Crippen LogP contribution in [-0.4, -0.2) is 12.6 Å². The molecular formula is C22H20N2OS. The molecule has 0 spiro atoms. The summed E-state index contributed by atoms with van der Waals surface area (Å²) in [4.78, 5) is 17.0. The Bertz CT molecular complexity index is 881. The van der Waals surface area contributed by atoms with Gasteiger partial charge >= 0.3 is 6.03 Å². The molecule has 4 heteroatoms. The van der Waals surface area contributed by atoms with Crippen LogP contribution in [0.2, 0.25) is 0 Å². The topological polar surface area (TPSA) is 32.3 Å². The maximum absolute atomic E-state index is 13.1. The van der Waals surface area contributed by atoms with Crippen LogP contribution in [0, 0.1) is 0 Å². The molecule has 0 radical (unpaired) electrons. The van der Waals surface area contributed by atoms with Crippen LogP contribution in [0.15, 0.2) is 88.7 Å². The zero-order valence-corrected chi connectivity index (χ0v) is 15.4. The molecule has 2 amide bonds. The van der Waals surface area contributed by atoms with E-state index in [1.165, 1.54) is 5.56 Å². The number of hydrogen-bond acceptors (Lipinski definition) is 2. The minimum Gasteiger partial charge on any atom is -0.337 e. The van der Waals surface area contributed by atoms with Crippen LogP contribution in [0.4, 0.5) is 16.2 Å². The van der Waals surface area contributed by atoms with Gasteiger partial charge in [0.15, 0.2) is 0 Å². The largest absolute Gasteiger partial charge is 0.337 e. The lowest BCUT2D eigenvalue weighted by molar-refractivity contribution is 0.248. The van der Waals surface area contributed by atoms with Crippen molar-refractivity contribution in [3.8, 4) is 0 Å². The molecule has 0 saturated carbocycles. The zero-order chi connectivity index (χ0) is 17.9. The number of hydrogen-bond donors (Lipinski definition) is 1. The average molecular weight is 360 g/mol. The van der Waals surface area contributed by atoms with Gasteiger partial charge < -0.3 is 5.32 Å². The van der Waals surface area contributed by atoms with E-state index >= 15 is 0 Å². The number of amides is 2. The average Bonchev–Trinajstić information content (AvgIpc) is 2.70. The molecule has 1 N–H and O–H groups in total. The SMILES string of the molecule is CC(CNC(=O)N1c2ccccc2Sc2ccccc21)c1ccccc1. The molecule has 3 aromatic carbocycles. The summed E-state index contributed by atoms with van der Waals surface area (Å²) in [6, 6.07) is 26.2. The second kappa shape index (κ2) is 7.26. The Hall–Kier alpha value is -2.72. The van der Waals surface area contributed by atoms with Crippen molar-refractivity contribution in [1.29, 1.82) is 0 Å². The third kappa shape index (κ3) is 3.20. The third-order valence-corrected chi connectivity index (χ3v) is 5.69. The van der Waals surface area contributed by atoms with Gasteiger partial charge in [-0.1, -0.05) is 73.3 Å².